The van der Waals surface area contributed by atoms with Crippen LogP contribution in [0.4, 0.5) is 10.1 Å². The van der Waals surface area contributed by atoms with Gasteiger partial charge in [-0.15, -0.1) is 0 Å². The van der Waals surface area contributed by atoms with Crippen LogP contribution in [-0.4, -0.2) is 16.8 Å². The summed E-state index contributed by atoms with van der Waals surface area (Å²) in [5, 5.41) is 5.98. The predicted molar refractivity (Wildman–Crippen MR) is 106 cm³/mol. The van der Waals surface area contributed by atoms with E-state index in [1.54, 1.807) is 30.3 Å². The maximum atomic E-state index is 12.9. The van der Waals surface area contributed by atoms with Crippen molar-refractivity contribution in [3.05, 3.63) is 94.0 Å². The third kappa shape index (κ3) is 4.92. The number of halogens is 2. The normalized spacial score (nSPS) is 10.4. The van der Waals surface area contributed by atoms with Crippen molar-refractivity contribution < 1.29 is 14.0 Å². The highest BCUT2D eigenvalue weighted by molar-refractivity contribution is 6.31. The molecule has 0 radical (unpaired) electrons. The third-order valence-corrected chi connectivity index (χ3v) is 4.47. The summed E-state index contributed by atoms with van der Waals surface area (Å²) in [4.78, 5) is 28.7. The number of carbonyl (C=O) groups is 2. The number of pyridine rings is 1. The van der Waals surface area contributed by atoms with Crippen LogP contribution in [0, 0.1) is 12.7 Å². The molecular formula is C21H17ClFN3O2. The van der Waals surface area contributed by atoms with Gasteiger partial charge in [-0.2, -0.15) is 0 Å². The van der Waals surface area contributed by atoms with Crippen LogP contribution in [0.25, 0.3) is 0 Å². The van der Waals surface area contributed by atoms with Crippen LogP contribution in [-0.2, 0) is 6.54 Å². The fourth-order valence-electron chi connectivity index (χ4n) is 2.45. The van der Waals surface area contributed by atoms with Gasteiger partial charge in [-0.3, -0.25) is 14.6 Å². The summed E-state index contributed by atoms with van der Waals surface area (Å²) < 4.78 is 12.9. The SMILES string of the molecule is Cc1ccc(NC(=O)c2cncc(C(=O)NCc3ccc(F)cc3)c2)cc1Cl. The summed E-state index contributed by atoms with van der Waals surface area (Å²) in [6.45, 7) is 2.10. The van der Waals surface area contributed by atoms with Crippen molar-refractivity contribution in [3.63, 3.8) is 0 Å². The summed E-state index contributed by atoms with van der Waals surface area (Å²) in [7, 11) is 0. The molecule has 3 rings (SSSR count). The summed E-state index contributed by atoms with van der Waals surface area (Å²) >= 11 is 6.07. The van der Waals surface area contributed by atoms with Crippen LogP contribution in [0.15, 0.2) is 60.9 Å². The molecule has 7 heteroatoms. The Hall–Kier alpha value is -3.25. The molecule has 1 heterocycles. The van der Waals surface area contributed by atoms with E-state index < -0.39 is 5.91 Å². The van der Waals surface area contributed by atoms with E-state index in [1.807, 2.05) is 6.92 Å². The van der Waals surface area contributed by atoms with Crippen molar-refractivity contribution in [2.75, 3.05) is 5.32 Å². The molecule has 0 saturated heterocycles. The van der Waals surface area contributed by atoms with E-state index >= 15 is 0 Å². The Bertz CT molecular complexity index is 1020. The minimum absolute atomic E-state index is 0.234. The lowest BCUT2D eigenvalue weighted by Gasteiger charge is -2.09. The molecule has 0 atom stereocenters. The van der Waals surface area contributed by atoms with E-state index in [2.05, 4.69) is 15.6 Å². The molecule has 0 aliphatic heterocycles. The lowest BCUT2D eigenvalue weighted by Crippen LogP contribution is -2.23. The molecule has 142 valence electrons. The van der Waals surface area contributed by atoms with Crippen LogP contribution in [0.1, 0.15) is 31.8 Å². The quantitative estimate of drug-likeness (QED) is 0.671. The number of hydrogen-bond donors (Lipinski definition) is 2. The van der Waals surface area contributed by atoms with Gasteiger partial charge in [-0.05, 0) is 48.4 Å². The van der Waals surface area contributed by atoms with Gasteiger partial charge in [0, 0.05) is 29.6 Å². The Morgan fingerprint density at radius 1 is 1.00 bits per heavy atom. The topological polar surface area (TPSA) is 71.1 Å². The van der Waals surface area contributed by atoms with E-state index in [1.165, 1.54) is 30.6 Å². The second-order valence-corrected chi connectivity index (χ2v) is 6.60. The standard InChI is InChI=1S/C21H17ClFN3O2/c1-13-2-7-18(9-19(13)22)26-21(28)16-8-15(11-24-12-16)20(27)25-10-14-3-5-17(23)6-4-14/h2-9,11-12H,10H2,1H3,(H,25,27)(H,26,28). The average Bonchev–Trinajstić information content (AvgIpc) is 2.70. The van der Waals surface area contributed by atoms with Crippen molar-refractivity contribution in [1.29, 1.82) is 0 Å². The number of rotatable bonds is 5. The van der Waals surface area contributed by atoms with Crippen molar-refractivity contribution in [3.8, 4) is 0 Å². The van der Waals surface area contributed by atoms with E-state index in [0.717, 1.165) is 11.1 Å². The van der Waals surface area contributed by atoms with Crippen LogP contribution in [0.5, 0.6) is 0 Å². The van der Waals surface area contributed by atoms with Gasteiger partial charge in [0.05, 0.1) is 11.1 Å². The van der Waals surface area contributed by atoms with Gasteiger partial charge >= 0.3 is 0 Å². The molecule has 2 aromatic carbocycles. The monoisotopic (exact) mass is 397 g/mol. The molecule has 0 saturated carbocycles. The number of nitrogens with one attached hydrogen (secondary N) is 2. The zero-order valence-electron chi connectivity index (χ0n) is 15.0. The molecule has 0 aliphatic rings. The van der Waals surface area contributed by atoms with E-state index in [4.69, 9.17) is 11.6 Å². The molecular weight excluding hydrogens is 381 g/mol. The van der Waals surface area contributed by atoms with E-state index in [-0.39, 0.29) is 29.4 Å². The van der Waals surface area contributed by atoms with Crippen LogP contribution >= 0.6 is 11.6 Å². The van der Waals surface area contributed by atoms with Gasteiger partial charge in [0.25, 0.3) is 11.8 Å². The lowest BCUT2D eigenvalue weighted by atomic mass is 10.1. The highest BCUT2D eigenvalue weighted by Crippen LogP contribution is 2.20. The van der Waals surface area contributed by atoms with E-state index in [0.29, 0.717) is 10.7 Å². The van der Waals surface area contributed by atoms with Crippen molar-refractivity contribution in [2.24, 2.45) is 0 Å². The predicted octanol–water partition coefficient (Wildman–Crippen LogP) is 4.36. The summed E-state index contributed by atoms with van der Waals surface area (Å²) in [5.41, 5.74) is 2.70. The number of aryl methyl sites for hydroxylation is 1. The first kappa shape index (κ1) is 19.5. The number of carbonyl (C=O) groups excluding carboxylic acids is 2. The van der Waals surface area contributed by atoms with Crippen LogP contribution in [0.2, 0.25) is 5.02 Å². The van der Waals surface area contributed by atoms with Gasteiger partial charge in [-0.1, -0.05) is 29.8 Å². The average molecular weight is 398 g/mol. The molecule has 3 aromatic rings. The maximum absolute atomic E-state index is 12.9. The molecule has 0 fully saturated rings. The Labute approximate surface area is 166 Å². The Morgan fingerprint density at radius 2 is 1.68 bits per heavy atom. The second-order valence-electron chi connectivity index (χ2n) is 6.19. The molecule has 0 spiro atoms. The largest absolute Gasteiger partial charge is 0.348 e. The number of benzene rings is 2. The third-order valence-electron chi connectivity index (χ3n) is 4.06. The minimum atomic E-state index is -0.402. The number of nitrogens with zero attached hydrogens (tertiary/aromatic N) is 1. The maximum Gasteiger partial charge on any atom is 0.257 e. The van der Waals surface area contributed by atoms with Crippen molar-refractivity contribution in [1.82, 2.24) is 10.3 Å². The van der Waals surface area contributed by atoms with Gasteiger partial charge in [0.2, 0.25) is 0 Å². The van der Waals surface area contributed by atoms with Gasteiger partial charge < -0.3 is 10.6 Å². The molecule has 2 N–H and O–H groups in total. The number of anilines is 1. The first-order valence-corrected chi connectivity index (χ1v) is 8.85. The molecule has 1 aromatic heterocycles. The highest BCUT2D eigenvalue weighted by Gasteiger charge is 2.12. The molecule has 2 amide bonds. The fraction of sp³-hybridized carbons (Fsp3) is 0.0952. The smallest absolute Gasteiger partial charge is 0.257 e. The van der Waals surface area contributed by atoms with Gasteiger partial charge in [0.15, 0.2) is 0 Å². The van der Waals surface area contributed by atoms with Crippen LogP contribution < -0.4 is 10.6 Å². The number of amides is 2. The summed E-state index contributed by atoms with van der Waals surface area (Å²) in [6.07, 6.45) is 2.75. The molecule has 28 heavy (non-hydrogen) atoms. The van der Waals surface area contributed by atoms with Gasteiger partial charge in [-0.25, -0.2) is 4.39 Å². The highest BCUT2D eigenvalue weighted by atomic mass is 35.5. The molecule has 0 bridgehead atoms. The number of aromatic nitrogens is 1. The zero-order chi connectivity index (χ0) is 20.1. The Morgan fingerprint density at radius 3 is 2.36 bits per heavy atom. The Balaban J connectivity index is 1.66. The first-order valence-electron chi connectivity index (χ1n) is 8.47. The fourth-order valence-corrected chi connectivity index (χ4v) is 2.63. The second kappa shape index (κ2) is 8.63. The van der Waals surface area contributed by atoms with Crippen molar-refractivity contribution >= 4 is 29.1 Å². The van der Waals surface area contributed by atoms with E-state index in [9.17, 15) is 14.0 Å². The summed E-state index contributed by atoms with van der Waals surface area (Å²) in [6, 6.07) is 12.5. The number of hydrogen-bond acceptors (Lipinski definition) is 3. The Kier molecular flexibility index (Phi) is 6.01. The summed E-state index contributed by atoms with van der Waals surface area (Å²) in [5.74, 6) is -1.13. The molecule has 5 nitrogen and oxygen atoms in total. The lowest BCUT2D eigenvalue weighted by molar-refractivity contribution is 0.0950. The van der Waals surface area contributed by atoms with Crippen molar-refractivity contribution in [2.45, 2.75) is 13.5 Å². The van der Waals surface area contributed by atoms with Gasteiger partial charge in [0.1, 0.15) is 5.82 Å². The van der Waals surface area contributed by atoms with Crippen LogP contribution in [0.3, 0.4) is 0 Å². The minimum Gasteiger partial charge on any atom is -0.348 e. The molecule has 0 aliphatic carbocycles. The molecule has 0 unspecified atom stereocenters. The zero-order valence-corrected chi connectivity index (χ0v) is 15.8. The first-order chi connectivity index (χ1) is 13.4.